The summed E-state index contributed by atoms with van der Waals surface area (Å²) in [6.07, 6.45) is 0. The van der Waals surface area contributed by atoms with E-state index in [1.807, 2.05) is 0 Å². The van der Waals surface area contributed by atoms with E-state index in [4.69, 9.17) is 9.84 Å². The van der Waals surface area contributed by atoms with E-state index in [1.54, 1.807) is 6.92 Å². The lowest BCUT2D eigenvalue weighted by atomic mass is 10.0. The van der Waals surface area contributed by atoms with Gasteiger partial charge in [0.2, 0.25) is 0 Å². The van der Waals surface area contributed by atoms with Crippen molar-refractivity contribution in [1.82, 2.24) is 0 Å². The van der Waals surface area contributed by atoms with Crippen LogP contribution in [0.1, 0.15) is 13.8 Å². The van der Waals surface area contributed by atoms with E-state index in [0.717, 1.165) is 12.1 Å². The van der Waals surface area contributed by atoms with Crippen LogP contribution >= 0.6 is 0 Å². The summed E-state index contributed by atoms with van der Waals surface area (Å²) in [4.78, 5) is 20.8. The summed E-state index contributed by atoms with van der Waals surface area (Å²) in [7, 11) is 1.23. The number of hydrogen-bond donors (Lipinski definition) is 2. The number of methoxy groups -OCH3 is 1. The lowest BCUT2D eigenvalue weighted by molar-refractivity contribution is -0.385. The molecule has 1 rings (SSSR count). The highest BCUT2D eigenvalue weighted by molar-refractivity contribution is 5.71. The third-order valence-electron chi connectivity index (χ3n) is 2.99. The van der Waals surface area contributed by atoms with Gasteiger partial charge in [-0.1, -0.05) is 0 Å². The number of halogens is 1. The van der Waals surface area contributed by atoms with Crippen LogP contribution in [0.15, 0.2) is 12.1 Å². The Morgan fingerprint density at radius 1 is 1.50 bits per heavy atom. The zero-order valence-corrected chi connectivity index (χ0v) is 11.2. The molecule has 0 bridgehead atoms. The Kier molecular flexibility index (Phi) is 4.84. The van der Waals surface area contributed by atoms with Crippen molar-refractivity contribution < 1.29 is 24.0 Å². The van der Waals surface area contributed by atoms with Crippen molar-refractivity contribution in [2.24, 2.45) is 5.92 Å². The monoisotopic (exact) mass is 286 g/mol. The second-order valence-corrected chi connectivity index (χ2v) is 4.32. The summed E-state index contributed by atoms with van der Waals surface area (Å²) in [5.74, 6) is -2.73. The average Bonchev–Trinajstić information content (AvgIpc) is 2.39. The number of hydrogen-bond acceptors (Lipinski definition) is 5. The summed E-state index contributed by atoms with van der Waals surface area (Å²) in [5.41, 5.74) is -0.539. The molecule has 0 saturated carbocycles. The zero-order valence-electron chi connectivity index (χ0n) is 11.2. The highest BCUT2D eigenvalue weighted by atomic mass is 19.1. The molecule has 2 unspecified atom stereocenters. The van der Waals surface area contributed by atoms with E-state index in [0.29, 0.717) is 0 Å². The van der Waals surface area contributed by atoms with Gasteiger partial charge in [0.15, 0.2) is 11.6 Å². The summed E-state index contributed by atoms with van der Waals surface area (Å²) in [6.45, 7) is 3.05. The van der Waals surface area contributed by atoms with E-state index in [2.05, 4.69) is 5.32 Å². The van der Waals surface area contributed by atoms with Crippen LogP contribution in [-0.4, -0.2) is 29.2 Å². The van der Waals surface area contributed by atoms with Crippen molar-refractivity contribution in [3.63, 3.8) is 0 Å². The Morgan fingerprint density at radius 3 is 2.55 bits per heavy atom. The molecular formula is C12H15FN2O5. The molecule has 20 heavy (non-hydrogen) atoms. The Balaban J connectivity index is 3.08. The topological polar surface area (TPSA) is 102 Å². The van der Waals surface area contributed by atoms with Gasteiger partial charge in [0.05, 0.1) is 29.7 Å². The van der Waals surface area contributed by atoms with Crippen molar-refractivity contribution in [1.29, 1.82) is 0 Å². The molecular weight excluding hydrogens is 271 g/mol. The molecule has 8 heteroatoms. The fourth-order valence-electron chi connectivity index (χ4n) is 1.54. The van der Waals surface area contributed by atoms with Crippen molar-refractivity contribution >= 4 is 17.3 Å². The lowest BCUT2D eigenvalue weighted by Gasteiger charge is -2.19. The molecule has 0 radical (unpaired) electrons. The van der Waals surface area contributed by atoms with Crippen molar-refractivity contribution in [3.8, 4) is 5.75 Å². The highest BCUT2D eigenvalue weighted by Crippen LogP contribution is 2.32. The molecule has 0 saturated heterocycles. The summed E-state index contributed by atoms with van der Waals surface area (Å²) in [5, 5.41) is 22.3. The van der Waals surface area contributed by atoms with Gasteiger partial charge in [-0.25, -0.2) is 4.39 Å². The van der Waals surface area contributed by atoms with Gasteiger partial charge in [-0.3, -0.25) is 14.9 Å². The maximum Gasteiger partial charge on any atom is 0.313 e. The summed E-state index contributed by atoms with van der Waals surface area (Å²) in [6, 6.07) is 1.31. The number of rotatable bonds is 6. The quantitative estimate of drug-likeness (QED) is 0.614. The van der Waals surface area contributed by atoms with Crippen LogP contribution in [0.3, 0.4) is 0 Å². The van der Waals surface area contributed by atoms with E-state index in [-0.39, 0.29) is 11.4 Å². The fraction of sp³-hybridized carbons (Fsp3) is 0.417. The molecule has 1 aromatic rings. The molecule has 2 N–H and O–H groups in total. The predicted molar refractivity (Wildman–Crippen MR) is 69.5 cm³/mol. The summed E-state index contributed by atoms with van der Waals surface area (Å²) < 4.78 is 18.6. The SMILES string of the molecule is COc1cc(NC(C)C(C)C(=O)O)c(F)cc1[N+](=O)[O-]. The largest absolute Gasteiger partial charge is 0.490 e. The van der Waals surface area contributed by atoms with Gasteiger partial charge in [-0.05, 0) is 13.8 Å². The van der Waals surface area contributed by atoms with Crippen molar-refractivity contribution in [2.75, 3.05) is 12.4 Å². The summed E-state index contributed by atoms with van der Waals surface area (Å²) >= 11 is 0. The lowest BCUT2D eigenvalue weighted by Crippen LogP contribution is -2.30. The minimum atomic E-state index is -1.03. The van der Waals surface area contributed by atoms with E-state index in [9.17, 15) is 19.3 Å². The standard InChI is InChI=1S/C12H15FN2O5/c1-6(12(16)17)7(2)14-9-5-11(20-3)10(15(18)19)4-8(9)13/h4-7,14H,1-3H3,(H,16,17). The molecule has 0 aliphatic rings. The van der Waals surface area contributed by atoms with Gasteiger partial charge >= 0.3 is 11.7 Å². The first-order valence-corrected chi connectivity index (χ1v) is 5.79. The number of carboxylic acids is 1. The maximum atomic E-state index is 13.8. The van der Waals surface area contributed by atoms with Crippen molar-refractivity contribution in [2.45, 2.75) is 19.9 Å². The maximum absolute atomic E-state index is 13.8. The molecule has 7 nitrogen and oxygen atoms in total. The smallest absolute Gasteiger partial charge is 0.313 e. The van der Waals surface area contributed by atoms with E-state index in [1.165, 1.54) is 14.0 Å². The molecule has 1 aromatic carbocycles. The number of nitro benzene ring substituents is 1. The Hall–Kier alpha value is -2.38. The normalized spacial score (nSPS) is 13.4. The molecule has 0 aliphatic carbocycles. The molecule has 2 atom stereocenters. The van der Waals surface area contributed by atoms with Gasteiger partial charge in [-0.15, -0.1) is 0 Å². The van der Waals surface area contributed by atoms with Crippen LogP contribution in [-0.2, 0) is 4.79 Å². The number of anilines is 1. The van der Waals surface area contributed by atoms with Crippen LogP contribution in [0.5, 0.6) is 5.75 Å². The van der Waals surface area contributed by atoms with Gasteiger partial charge in [0.25, 0.3) is 0 Å². The minimum Gasteiger partial charge on any atom is -0.490 e. The van der Waals surface area contributed by atoms with Crippen LogP contribution in [0.4, 0.5) is 15.8 Å². The third kappa shape index (κ3) is 3.34. The van der Waals surface area contributed by atoms with Crippen LogP contribution in [0.25, 0.3) is 0 Å². The number of nitrogens with one attached hydrogen (secondary N) is 1. The fourth-order valence-corrected chi connectivity index (χ4v) is 1.54. The number of nitrogens with zero attached hydrogens (tertiary/aromatic N) is 1. The Bertz CT molecular complexity index is 535. The minimum absolute atomic E-state index is 0.0481. The molecule has 0 aliphatic heterocycles. The zero-order chi connectivity index (χ0) is 15.4. The Morgan fingerprint density at radius 2 is 2.10 bits per heavy atom. The first-order chi connectivity index (χ1) is 9.27. The van der Waals surface area contributed by atoms with Gasteiger partial charge in [-0.2, -0.15) is 0 Å². The van der Waals surface area contributed by atoms with Crippen LogP contribution < -0.4 is 10.1 Å². The molecule has 0 amide bonds. The molecule has 110 valence electrons. The van der Waals surface area contributed by atoms with Crippen molar-refractivity contribution in [3.05, 3.63) is 28.1 Å². The van der Waals surface area contributed by atoms with Crippen LogP contribution in [0.2, 0.25) is 0 Å². The van der Waals surface area contributed by atoms with E-state index < -0.39 is 34.4 Å². The van der Waals surface area contributed by atoms with Gasteiger partial charge < -0.3 is 15.2 Å². The molecule has 0 fully saturated rings. The first kappa shape index (κ1) is 15.7. The first-order valence-electron chi connectivity index (χ1n) is 5.79. The number of benzene rings is 1. The number of nitro groups is 1. The van der Waals surface area contributed by atoms with Gasteiger partial charge in [0, 0.05) is 12.1 Å². The number of carboxylic acid groups (broad SMARTS) is 1. The second-order valence-electron chi connectivity index (χ2n) is 4.32. The Labute approximate surface area is 114 Å². The van der Waals surface area contributed by atoms with E-state index >= 15 is 0 Å². The number of aliphatic carboxylic acids is 1. The van der Waals surface area contributed by atoms with Crippen LogP contribution in [0, 0.1) is 21.8 Å². The molecule has 0 aromatic heterocycles. The number of ether oxygens (including phenoxy) is 1. The molecule has 0 heterocycles. The predicted octanol–water partition coefficient (Wildman–Crippen LogP) is 2.26. The molecule has 0 spiro atoms. The average molecular weight is 286 g/mol. The van der Waals surface area contributed by atoms with Gasteiger partial charge in [0.1, 0.15) is 0 Å². The third-order valence-corrected chi connectivity index (χ3v) is 2.99. The highest BCUT2D eigenvalue weighted by Gasteiger charge is 2.23. The second kappa shape index (κ2) is 6.18. The number of carbonyl (C=O) groups is 1.